The number of anilines is 1. The van der Waals surface area contributed by atoms with Crippen LogP contribution in [0.25, 0.3) is 0 Å². The van der Waals surface area contributed by atoms with Gasteiger partial charge in [-0.2, -0.15) is 0 Å². The minimum Gasteiger partial charge on any atom is -0.382 e. The second-order valence-electron chi connectivity index (χ2n) is 4.70. The van der Waals surface area contributed by atoms with Gasteiger partial charge in [-0.3, -0.25) is 0 Å². The Morgan fingerprint density at radius 3 is 2.40 bits per heavy atom. The van der Waals surface area contributed by atoms with Crippen molar-refractivity contribution in [2.75, 3.05) is 5.32 Å². The van der Waals surface area contributed by atoms with E-state index in [1.807, 2.05) is 0 Å². The van der Waals surface area contributed by atoms with Crippen molar-refractivity contribution in [3.8, 4) is 0 Å². The summed E-state index contributed by atoms with van der Waals surface area (Å²) in [6.45, 7) is 4.53. The van der Waals surface area contributed by atoms with E-state index in [1.54, 1.807) is 0 Å². The van der Waals surface area contributed by atoms with Crippen molar-refractivity contribution in [3.05, 3.63) is 29.8 Å². The van der Waals surface area contributed by atoms with Gasteiger partial charge in [0.2, 0.25) is 0 Å². The van der Waals surface area contributed by atoms with Crippen LogP contribution in [0.3, 0.4) is 0 Å². The summed E-state index contributed by atoms with van der Waals surface area (Å²) in [6, 6.07) is 9.70. The molecule has 0 aliphatic heterocycles. The molecular formula is C14H21N. The van der Waals surface area contributed by atoms with Crippen LogP contribution in [0.4, 0.5) is 5.69 Å². The maximum absolute atomic E-state index is 3.56. The Hall–Kier alpha value is -0.980. The number of hydrogen-bond acceptors (Lipinski definition) is 1. The molecule has 0 bridgehead atoms. The van der Waals surface area contributed by atoms with Crippen LogP contribution < -0.4 is 5.32 Å². The summed E-state index contributed by atoms with van der Waals surface area (Å²) in [6.07, 6.45) is 5.29. The van der Waals surface area contributed by atoms with Gasteiger partial charge < -0.3 is 5.32 Å². The monoisotopic (exact) mass is 203 g/mol. The van der Waals surface area contributed by atoms with Crippen LogP contribution in [-0.2, 0) is 0 Å². The maximum Gasteiger partial charge on any atom is 0.0342 e. The van der Waals surface area contributed by atoms with E-state index in [-0.39, 0.29) is 0 Å². The molecular weight excluding hydrogens is 182 g/mol. The van der Waals surface area contributed by atoms with E-state index in [2.05, 4.69) is 43.4 Å². The molecule has 0 spiro atoms. The van der Waals surface area contributed by atoms with Gasteiger partial charge in [-0.25, -0.2) is 0 Å². The average Bonchev–Trinajstić information content (AvgIpc) is 2.23. The topological polar surface area (TPSA) is 12.0 Å². The van der Waals surface area contributed by atoms with Crippen LogP contribution in [0.15, 0.2) is 24.3 Å². The molecule has 1 aliphatic rings. The van der Waals surface area contributed by atoms with E-state index >= 15 is 0 Å². The Morgan fingerprint density at radius 1 is 1.27 bits per heavy atom. The molecule has 1 atom stereocenters. The fourth-order valence-electron chi connectivity index (χ4n) is 1.93. The zero-order chi connectivity index (χ0) is 10.7. The Bertz CT molecular complexity index is 298. The first-order valence-corrected chi connectivity index (χ1v) is 6.16. The Balaban J connectivity index is 1.96. The molecule has 0 aromatic heterocycles. The fourth-order valence-corrected chi connectivity index (χ4v) is 1.93. The van der Waals surface area contributed by atoms with Crippen LogP contribution in [0.5, 0.6) is 0 Å². The summed E-state index contributed by atoms with van der Waals surface area (Å²) in [5.74, 6) is 0.683. The lowest BCUT2D eigenvalue weighted by Crippen LogP contribution is -2.26. The van der Waals surface area contributed by atoms with Gasteiger partial charge in [0.05, 0.1) is 0 Å². The average molecular weight is 203 g/mol. The highest BCUT2D eigenvalue weighted by Crippen LogP contribution is 2.25. The summed E-state index contributed by atoms with van der Waals surface area (Å²) in [7, 11) is 0. The molecule has 0 amide bonds. The smallest absolute Gasteiger partial charge is 0.0342 e. The third kappa shape index (κ3) is 2.53. The summed E-state index contributed by atoms with van der Waals surface area (Å²) >= 11 is 0. The first kappa shape index (κ1) is 10.5. The SMILES string of the molecule is CCC(C)c1ccc(NC2CCC2)cc1. The van der Waals surface area contributed by atoms with E-state index in [0.717, 1.165) is 6.04 Å². The van der Waals surface area contributed by atoms with Crippen LogP contribution in [0.2, 0.25) is 0 Å². The Kier molecular flexibility index (Phi) is 3.30. The van der Waals surface area contributed by atoms with Crippen molar-refractivity contribution >= 4 is 5.69 Å². The summed E-state index contributed by atoms with van der Waals surface area (Å²) in [5, 5.41) is 3.56. The summed E-state index contributed by atoms with van der Waals surface area (Å²) in [4.78, 5) is 0. The van der Waals surface area contributed by atoms with Crippen LogP contribution in [0.1, 0.15) is 51.0 Å². The predicted molar refractivity (Wildman–Crippen MR) is 66.4 cm³/mol. The Morgan fingerprint density at radius 2 is 1.93 bits per heavy atom. The highest BCUT2D eigenvalue weighted by atomic mass is 14.9. The molecule has 1 unspecified atom stereocenters. The van der Waals surface area contributed by atoms with Gasteiger partial charge in [-0.1, -0.05) is 26.0 Å². The van der Waals surface area contributed by atoms with Crippen molar-refractivity contribution in [1.29, 1.82) is 0 Å². The largest absolute Gasteiger partial charge is 0.382 e. The highest BCUT2D eigenvalue weighted by Gasteiger charge is 2.16. The first-order valence-electron chi connectivity index (χ1n) is 6.16. The molecule has 1 heteroatoms. The van der Waals surface area contributed by atoms with E-state index in [0.29, 0.717) is 5.92 Å². The molecule has 82 valence electrons. The Labute approximate surface area is 92.9 Å². The van der Waals surface area contributed by atoms with Gasteiger partial charge in [0.25, 0.3) is 0 Å². The third-order valence-electron chi connectivity index (χ3n) is 3.57. The minimum absolute atomic E-state index is 0.683. The normalized spacial score (nSPS) is 18.3. The molecule has 1 aromatic rings. The second kappa shape index (κ2) is 4.69. The van der Waals surface area contributed by atoms with E-state index in [4.69, 9.17) is 0 Å². The van der Waals surface area contributed by atoms with Crippen molar-refractivity contribution in [2.45, 2.75) is 51.5 Å². The van der Waals surface area contributed by atoms with Gasteiger partial charge in [0.1, 0.15) is 0 Å². The van der Waals surface area contributed by atoms with Gasteiger partial charge >= 0.3 is 0 Å². The number of nitrogens with one attached hydrogen (secondary N) is 1. The maximum atomic E-state index is 3.56. The first-order chi connectivity index (χ1) is 7.29. The summed E-state index contributed by atoms with van der Waals surface area (Å²) < 4.78 is 0. The molecule has 1 aliphatic carbocycles. The molecule has 2 rings (SSSR count). The fraction of sp³-hybridized carbons (Fsp3) is 0.571. The third-order valence-corrected chi connectivity index (χ3v) is 3.57. The predicted octanol–water partition coefficient (Wildman–Crippen LogP) is 4.16. The molecule has 0 saturated heterocycles. The molecule has 0 heterocycles. The summed E-state index contributed by atoms with van der Waals surface area (Å²) in [5.41, 5.74) is 2.74. The minimum atomic E-state index is 0.683. The number of benzene rings is 1. The molecule has 1 saturated carbocycles. The van der Waals surface area contributed by atoms with Crippen molar-refractivity contribution < 1.29 is 0 Å². The lowest BCUT2D eigenvalue weighted by Gasteiger charge is -2.27. The van der Waals surface area contributed by atoms with Crippen LogP contribution in [-0.4, -0.2) is 6.04 Å². The highest BCUT2D eigenvalue weighted by molar-refractivity contribution is 5.46. The molecule has 1 N–H and O–H groups in total. The van der Waals surface area contributed by atoms with Gasteiger partial charge in [0.15, 0.2) is 0 Å². The van der Waals surface area contributed by atoms with Gasteiger partial charge in [0, 0.05) is 11.7 Å². The standard InChI is InChI=1S/C14H21N/c1-3-11(2)12-7-9-14(10-8-12)15-13-5-4-6-13/h7-11,13,15H,3-6H2,1-2H3. The van der Waals surface area contributed by atoms with Crippen molar-refractivity contribution in [2.24, 2.45) is 0 Å². The van der Waals surface area contributed by atoms with E-state index in [9.17, 15) is 0 Å². The lowest BCUT2D eigenvalue weighted by molar-refractivity contribution is 0.445. The van der Waals surface area contributed by atoms with Crippen LogP contribution in [0, 0.1) is 0 Å². The second-order valence-corrected chi connectivity index (χ2v) is 4.70. The molecule has 1 nitrogen and oxygen atoms in total. The van der Waals surface area contributed by atoms with Gasteiger partial charge in [-0.15, -0.1) is 0 Å². The molecule has 15 heavy (non-hydrogen) atoms. The van der Waals surface area contributed by atoms with E-state index < -0.39 is 0 Å². The van der Waals surface area contributed by atoms with Crippen molar-refractivity contribution in [3.63, 3.8) is 0 Å². The zero-order valence-corrected chi connectivity index (χ0v) is 9.79. The van der Waals surface area contributed by atoms with Gasteiger partial charge in [-0.05, 0) is 49.3 Å². The number of rotatable bonds is 4. The zero-order valence-electron chi connectivity index (χ0n) is 9.79. The van der Waals surface area contributed by atoms with Crippen molar-refractivity contribution in [1.82, 2.24) is 0 Å². The van der Waals surface area contributed by atoms with E-state index in [1.165, 1.54) is 36.9 Å². The number of hydrogen-bond donors (Lipinski definition) is 1. The lowest BCUT2D eigenvalue weighted by atomic mass is 9.92. The molecule has 1 fully saturated rings. The van der Waals surface area contributed by atoms with Crippen LogP contribution >= 0.6 is 0 Å². The quantitative estimate of drug-likeness (QED) is 0.774. The molecule has 1 aromatic carbocycles. The molecule has 0 radical (unpaired) electrons.